The molecule has 8 nitrogen and oxygen atoms in total. The molecular formula is C26H29N5O3. The molecule has 2 heterocycles. The molecule has 0 aliphatic rings. The molecule has 0 saturated heterocycles. The number of rotatable bonds is 10. The lowest BCUT2D eigenvalue weighted by Crippen LogP contribution is -2.19. The normalized spacial score (nSPS) is 11.0. The van der Waals surface area contributed by atoms with Crippen LogP contribution in [-0.4, -0.2) is 54.2 Å². The lowest BCUT2D eigenvalue weighted by Gasteiger charge is -2.16. The topological polar surface area (TPSA) is 81.6 Å². The number of methoxy groups -OCH3 is 1. The molecule has 0 radical (unpaired) electrons. The van der Waals surface area contributed by atoms with Gasteiger partial charge in [0, 0.05) is 29.9 Å². The van der Waals surface area contributed by atoms with Gasteiger partial charge in [0.15, 0.2) is 11.5 Å². The van der Waals surface area contributed by atoms with E-state index in [1.807, 2.05) is 69.6 Å². The monoisotopic (exact) mass is 459 g/mol. The van der Waals surface area contributed by atoms with E-state index < -0.39 is 0 Å². The summed E-state index contributed by atoms with van der Waals surface area (Å²) in [7, 11) is 5.64. The first-order valence-corrected chi connectivity index (χ1v) is 11.0. The summed E-state index contributed by atoms with van der Waals surface area (Å²) in [6, 6.07) is 15.5. The van der Waals surface area contributed by atoms with Crippen molar-refractivity contribution >= 4 is 22.4 Å². The van der Waals surface area contributed by atoms with Crippen LogP contribution in [0.3, 0.4) is 0 Å². The Morgan fingerprint density at radius 3 is 2.53 bits per heavy atom. The molecule has 176 valence electrons. The zero-order valence-corrected chi connectivity index (χ0v) is 19.9. The van der Waals surface area contributed by atoms with Crippen molar-refractivity contribution in [3.63, 3.8) is 0 Å². The number of aromatic nitrogens is 3. The quantitative estimate of drug-likeness (QED) is 0.368. The van der Waals surface area contributed by atoms with Crippen LogP contribution in [0.15, 0.2) is 61.1 Å². The van der Waals surface area contributed by atoms with Crippen molar-refractivity contribution in [3.8, 4) is 17.2 Å². The third kappa shape index (κ3) is 5.71. The Hall–Kier alpha value is -3.91. The van der Waals surface area contributed by atoms with Gasteiger partial charge in [-0.25, -0.2) is 9.97 Å². The first kappa shape index (κ1) is 23.3. The Morgan fingerprint density at radius 1 is 0.912 bits per heavy atom. The Bertz CT molecular complexity index is 1250. The van der Waals surface area contributed by atoms with E-state index in [9.17, 15) is 0 Å². The molecule has 0 bridgehead atoms. The Balaban J connectivity index is 1.54. The van der Waals surface area contributed by atoms with Gasteiger partial charge in [0.05, 0.1) is 18.3 Å². The third-order valence-electron chi connectivity index (χ3n) is 5.26. The van der Waals surface area contributed by atoms with Gasteiger partial charge in [-0.15, -0.1) is 0 Å². The fraction of sp³-hybridized carbons (Fsp3) is 0.269. The van der Waals surface area contributed by atoms with E-state index in [-0.39, 0.29) is 0 Å². The highest BCUT2D eigenvalue weighted by Crippen LogP contribution is 2.35. The van der Waals surface area contributed by atoms with Crippen molar-refractivity contribution in [1.29, 1.82) is 0 Å². The number of hydrogen-bond acceptors (Lipinski definition) is 8. The molecule has 1 N–H and O–H groups in total. The molecule has 2 aromatic carbocycles. The molecule has 4 aromatic rings. The van der Waals surface area contributed by atoms with Crippen LogP contribution < -0.4 is 19.5 Å². The number of aryl methyl sites for hydroxylation is 1. The van der Waals surface area contributed by atoms with E-state index in [4.69, 9.17) is 14.2 Å². The summed E-state index contributed by atoms with van der Waals surface area (Å²) in [5, 5.41) is 4.25. The second-order valence-corrected chi connectivity index (χ2v) is 8.11. The minimum absolute atomic E-state index is 0.420. The van der Waals surface area contributed by atoms with Crippen LogP contribution in [0.1, 0.15) is 11.3 Å². The highest BCUT2D eigenvalue weighted by atomic mass is 16.5. The molecular weight excluding hydrogens is 430 g/mol. The van der Waals surface area contributed by atoms with Crippen LogP contribution in [0.5, 0.6) is 17.2 Å². The van der Waals surface area contributed by atoms with Gasteiger partial charge in [-0.05, 0) is 63.0 Å². The van der Waals surface area contributed by atoms with Crippen molar-refractivity contribution in [2.45, 2.75) is 13.5 Å². The minimum Gasteiger partial charge on any atom is -0.493 e. The highest BCUT2D eigenvalue weighted by Gasteiger charge is 2.13. The van der Waals surface area contributed by atoms with Gasteiger partial charge in [-0.2, -0.15) is 0 Å². The highest BCUT2D eigenvalue weighted by molar-refractivity contribution is 5.93. The second kappa shape index (κ2) is 10.8. The number of ether oxygens (including phenoxy) is 3. The molecule has 0 unspecified atom stereocenters. The van der Waals surface area contributed by atoms with Crippen molar-refractivity contribution in [2.75, 3.05) is 39.7 Å². The molecule has 0 aliphatic heterocycles. The largest absolute Gasteiger partial charge is 0.493 e. The number of benzene rings is 2. The number of nitrogens with zero attached hydrogens (tertiary/aromatic N) is 4. The number of pyridine rings is 1. The van der Waals surface area contributed by atoms with Gasteiger partial charge in [0.25, 0.3) is 0 Å². The first-order chi connectivity index (χ1) is 16.5. The third-order valence-corrected chi connectivity index (χ3v) is 5.26. The van der Waals surface area contributed by atoms with Gasteiger partial charge in [0.2, 0.25) is 0 Å². The van der Waals surface area contributed by atoms with E-state index >= 15 is 0 Å². The maximum Gasteiger partial charge on any atom is 0.162 e. The van der Waals surface area contributed by atoms with E-state index in [1.54, 1.807) is 13.3 Å². The zero-order chi connectivity index (χ0) is 23.9. The number of nitrogens with one attached hydrogen (secondary N) is 1. The maximum atomic E-state index is 5.98. The van der Waals surface area contributed by atoms with E-state index in [0.29, 0.717) is 30.5 Å². The summed E-state index contributed by atoms with van der Waals surface area (Å²) in [6.45, 7) is 3.78. The van der Waals surface area contributed by atoms with Gasteiger partial charge in [-0.3, -0.25) is 4.98 Å². The SMILES string of the molecule is COc1cc2ncnc(Nc3ccc(OCc4ccccn4)c(C)c3)c2cc1OCCN(C)C. The van der Waals surface area contributed by atoms with Crippen LogP contribution in [0.2, 0.25) is 0 Å². The fourth-order valence-corrected chi connectivity index (χ4v) is 3.44. The first-order valence-electron chi connectivity index (χ1n) is 11.0. The molecule has 0 saturated carbocycles. The zero-order valence-electron chi connectivity index (χ0n) is 19.9. The van der Waals surface area contributed by atoms with E-state index in [1.165, 1.54) is 6.33 Å². The fourth-order valence-electron chi connectivity index (χ4n) is 3.44. The van der Waals surface area contributed by atoms with Crippen molar-refractivity contribution in [2.24, 2.45) is 0 Å². The smallest absolute Gasteiger partial charge is 0.162 e. The Labute approximate surface area is 199 Å². The molecule has 0 amide bonds. The summed E-state index contributed by atoms with van der Waals surface area (Å²) in [5.74, 6) is 2.79. The molecule has 0 atom stereocenters. The van der Waals surface area contributed by atoms with Crippen LogP contribution in [0.4, 0.5) is 11.5 Å². The Kier molecular flexibility index (Phi) is 7.39. The molecule has 34 heavy (non-hydrogen) atoms. The Morgan fingerprint density at radius 2 is 1.79 bits per heavy atom. The molecule has 2 aromatic heterocycles. The van der Waals surface area contributed by atoms with Crippen molar-refractivity contribution in [3.05, 3.63) is 72.3 Å². The van der Waals surface area contributed by atoms with E-state index in [0.717, 1.165) is 40.1 Å². The second-order valence-electron chi connectivity index (χ2n) is 8.11. The average molecular weight is 460 g/mol. The summed E-state index contributed by atoms with van der Waals surface area (Å²) >= 11 is 0. The molecule has 0 fully saturated rings. The summed E-state index contributed by atoms with van der Waals surface area (Å²) in [6.07, 6.45) is 3.30. The van der Waals surface area contributed by atoms with Gasteiger partial charge in [-0.1, -0.05) is 6.07 Å². The number of fused-ring (bicyclic) bond motifs is 1. The van der Waals surface area contributed by atoms with Crippen LogP contribution in [0, 0.1) is 6.92 Å². The van der Waals surface area contributed by atoms with E-state index in [2.05, 4.69) is 25.2 Å². The van der Waals surface area contributed by atoms with Gasteiger partial charge >= 0.3 is 0 Å². The number of hydrogen-bond donors (Lipinski definition) is 1. The minimum atomic E-state index is 0.420. The average Bonchev–Trinajstić information content (AvgIpc) is 2.84. The lowest BCUT2D eigenvalue weighted by molar-refractivity contribution is 0.251. The standard InChI is InChI=1S/C26H29N5O3/c1-18-13-19(8-9-23(18)34-16-20-7-5-6-10-27-20)30-26-21-14-25(33-12-11-31(2)3)24(32-4)15-22(21)28-17-29-26/h5-10,13-15,17H,11-12,16H2,1-4H3,(H,28,29,30). The predicted octanol–water partition coefficient (Wildman–Crippen LogP) is 4.60. The lowest BCUT2D eigenvalue weighted by atomic mass is 10.1. The van der Waals surface area contributed by atoms with Crippen molar-refractivity contribution < 1.29 is 14.2 Å². The summed E-state index contributed by atoms with van der Waals surface area (Å²) in [4.78, 5) is 15.2. The molecule has 0 spiro atoms. The molecule has 4 rings (SSSR count). The van der Waals surface area contributed by atoms with Crippen LogP contribution in [0.25, 0.3) is 10.9 Å². The number of likely N-dealkylation sites (N-methyl/N-ethyl adjacent to an activating group) is 1. The number of anilines is 2. The van der Waals surface area contributed by atoms with Crippen molar-refractivity contribution in [1.82, 2.24) is 19.9 Å². The summed E-state index contributed by atoms with van der Waals surface area (Å²) < 4.78 is 17.4. The maximum absolute atomic E-state index is 5.98. The molecule has 0 aliphatic carbocycles. The summed E-state index contributed by atoms with van der Waals surface area (Å²) in [5.41, 5.74) is 3.55. The predicted molar refractivity (Wildman–Crippen MR) is 133 cm³/mol. The van der Waals surface area contributed by atoms with Gasteiger partial charge in [0.1, 0.15) is 31.1 Å². The van der Waals surface area contributed by atoms with Gasteiger partial charge < -0.3 is 24.4 Å². The van der Waals surface area contributed by atoms with Crippen LogP contribution in [-0.2, 0) is 6.61 Å². The molecule has 8 heteroatoms. The van der Waals surface area contributed by atoms with Crippen LogP contribution >= 0.6 is 0 Å².